The van der Waals surface area contributed by atoms with E-state index in [1.54, 1.807) is 6.92 Å². The minimum absolute atomic E-state index is 0.0210. The highest BCUT2D eigenvalue weighted by atomic mass is 16.5. The first-order chi connectivity index (χ1) is 10.6. The molecule has 7 nitrogen and oxygen atoms in total. The molecule has 130 valence electrons. The largest absolute Gasteiger partial charge is 0.466 e. The second kappa shape index (κ2) is 5.98. The normalized spacial score (nSPS) is 43.7. The molecule has 0 spiro atoms. The van der Waals surface area contributed by atoms with E-state index in [1.807, 2.05) is 0 Å². The van der Waals surface area contributed by atoms with Gasteiger partial charge in [0.2, 0.25) is 0 Å². The Morgan fingerprint density at radius 1 is 1.43 bits per heavy atom. The van der Waals surface area contributed by atoms with Crippen LogP contribution in [-0.2, 0) is 14.3 Å². The van der Waals surface area contributed by atoms with Gasteiger partial charge in [-0.05, 0) is 12.8 Å². The standard InChI is InChI=1S/C16H24O7/c1-8(14(21)23-3)11-9(18)6-15(2)10(19)4-5-16(22,7-17)13(15)12(11)20/h9,11-13,17-18,20,22H,1,4-7H2,2-3H3/t9-,11-,12+,13-,15-,16+/m1/s1. The lowest BCUT2D eigenvalue weighted by molar-refractivity contribution is -0.213. The van der Waals surface area contributed by atoms with E-state index < -0.39 is 47.6 Å². The Kier molecular flexibility index (Phi) is 4.69. The summed E-state index contributed by atoms with van der Waals surface area (Å²) in [5.74, 6) is -3.02. The van der Waals surface area contributed by atoms with Crippen molar-refractivity contribution in [2.24, 2.45) is 17.3 Å². The molecular formula is C16H24O7. The molecule has 0 saturated heterocycles. The number of aliphatic hydroxyl groups excluding tert-OH is 3. The van der Waals surface area contributed by atoms with Crippen molar-refractivity contribution in [2.45, 2.75) is 44.0 Å². The van der Waals surface area contributed by atoms with Crippen molar-refractivity contribution < 1.29 is 34.8 Å². The highest BCUT2D eigenvalue weighted by molar-refractivity contribution is 5.89. The maximum absolute atomic E-state index is 12.4. The van der Waals surface area contributed by atoms with Crippen LogP contribution >= 0.6 is 0 Å². The van der Waals surface area contributed by atoms with E-state index in [0.29, 0.717) is 0 Å². The molecule has 2 rings (SSSR count). The summed E-state index contributed by atoms with van der Waals surface area (Å²) in [5.41, 5.74) is -2.95. The van der Waals surface area contributed by atoms with Crippen LogP contribution < -0.4 is 0 Å². The Morgan fingerprint density at radius 3 is 2.57 bits per heavy atom. The van der Waals surface area contributed by atoms with E-state index in [-0.39, 0.29) is 30.6 Å². The molecule has 0 aromatic rings. The van der Waals surface area contributed by atoms with Gasteiger partial charge in [-0.25, -0.2) is 4.79 Å². The molecule has 2 saturated carbocycles. The minimum Gasteiger partial charge on any atom is -0.466 e. The Morgan fingerprint density at radius 2 is 2.04 bits per heavy atom. The first kappa shape index (κ1) is 18.1. The summed E-state index contributed by atoms with van der Waals surface area (Å²) in [5, 5.41) is 41.5. The molecule has 0 bridgehead atoms. The fraction of sp³-hybridized carbons (Fsp3) is 0.750. The molecule has 0 heterocycles. The molecule has 0 aliphatic heterocycles. The quantitative estimate of drug-likeness (QED) is 0.393. The summed E-state index contributed by atoms with van der Waals surface area (Å²) < 4.78 is 4.58. The van der Waals surface area contributed by atoms with Crippen molar-refractivity contribution in [3.63, 3.8) is 0 Å². The number of carbonyl (C=O) groups is 2. The number of hydrogen-bond acceptors (Lipinski definition) is 7. The van der Waals surface area contributed by atoms with Crippen LogP contribution in [0.5, 0.6) is 0 Å². The Hall–Kier alpha value is -1.28. The third-order valence-electron chi connectivity index (χ3n) is 5.57. The Bertz CT molecular complexity index is 531. The van der Waals surface area contributed by atoms with Crippen LogP contribution in [0.1, 0.15) is 26.2 Å². The molecule has 0 aromatic heterocycles. The molecule has 4 N–H and O–H groups in total. The molecule has 7 heteroatoms. The second-order valence-electron chi connectivity index (χ2n) is 6.88. The van der Waals surface area contributed by atoms with Crippen molar-refractivity contribution in [1.29, 1.82) is 0 Å². The SMILES string of the molecule is C=C(C(=O)OC)[C@H]1[C@H](O)[C@H]2[C@@](O)(CO)CCC(=O)[C@@]2(C)C[C@H]1O. The highest BCUT2D eigenvalue weighted by Gasteiger charge is 2.63. The van der Waals surface area contributed by atoms with Gasteiger partial charge >= 0.3 is 5.97 Å². The van der Waals surface area contributed by atoms with Gasteiger partial charge in [-0.2, -0.15) is 0 Å². The third-order valence-corrected chi connectivity index (χ3v) is 5.57. The lowest BCUT2D eigenvalue weighted by atomic mass is 9.50. The zero-order valence-electron chi connectivity index (χ0n) is 13.4. The Labute approximate surface area is 134 Å². The first-order valence-electron chi connectivity index (χ1n) is 7.62. The molecule has 0 radical (unpaired) electrons. The average molecular weight is 328 g/mol. The van der Waals surface area contributed by atoms with E-state index in [0.717, 1.165) is 7.11 Å². The molecule has 0 amide bonds. The third kappa shape index (κ3) is 2.61. The number of ketones is 1. The summed E-state index contributed by atoms with van der Waals surface area (Å²) in [6, 6.07) is 0. The van der Waals surface area contributed by atoms with Gasteiger partial charge in [0.25, 0.3) is 0 Å². The van der Waals surface area contributed by atoms with Crippen LogP contribution in [0.3, 0.4) is 0 Å². The summed E-state index contributed by atoms with van der Waals surface area (Å²) in [6.45, 7) is 4.53. The van der Waals surface area contributed by atoms with Crippen LogP contribution in [-0.4, -0.2) is 63.7 Å². The fourth-order valence-electron chi connectivity index (χ4n) is 4.35. The highest BCUT2D eigenvalue weighted by Crippen LogP contribution is 2.54. The molecule has 0 unspecified atom stereocenters. The lowest BCUT2D eigenvalue weighted by Crippen LogP contribution is -2.66. The summed E-state index contributed by atoms with van der Waals surface area (Å²) >= 11 is 0. The first-order valence-corrected chi connectivity index (χ1v) is 7.62. The van der Waals surface area contributed by atoms with Crippen molar-refractivity contribution >= 4 is 11.8 Å². The zero-order chi connectivity index (χ0) is 17.6. The number of methoxy groups -OCH3 is 1. The monoisotopic (exact) mass is 328 g/mol. The van der Waals surface area contributed by atoms with E-state index in [2.05, 4.69) is 11.3 Å². The van der Waals surface area contributed by atoms with Crippen LogP contribution in [0.2, 0.25) is 0 Å². The number of hydrogen-bond donors (Lipinski definition) is 4. The van der Waals surface area contributed by atoms with Crippen LogP contribution in [0.4, 0.5) is 0 Å². The molecule has 2 aliphatic rings. The van der Waals surface area contributed by atoms with Gasteiger partial charge in [0.05, 0.1) is 31.5 Å². The number of rotatable bonds is 3. The smallest absolute Gasteiger partial charge is 0.333 e. The van der Waals surface area contributed by atoms with Gasteiger partial charge in [0.15, 0.2) is 0 Å². The van der Waals surface area contributed by atoms with Gasteiger partial charge in [-0.1, -0.05) is 13.5 Å². The molecular weight excluding hydrogens is 304 g/mol. The maximum atomic E-state index is 12.4. The van der Waals surface area contributed by atoms with Crippen molar-refractivity contribution in [3.05, 3.63) is 12.2 Å². The van der Waals surface area contributed by atoms with E-state index in [9.17, 15) is 30.0 Å². The van der Waals surface area contributed by atoms with Gasteiger partial charge in [-0.15, -0.1) is 0 Å². The number of aliphatic hydroxyl groups is 4. The Balaban J connectivity index is 2.47. The topological polar surface area (TPSA) is 124 Å². The molecule has 2 fully saturated rings. The second-order valence-corrected chi connectivity index (χ2v) is 6.88. The predicted molar refractivity (Wildman–Crippen MR) is 79.2 cm³/mol. The van der Waals surface area contributed by atoms with E-state index >= 15 is 0 Å². The van der Waals surface area contributed by atoms with Crippen molar-refractivity contribution in [2.75, 3.05) is 13.7 Å². The summed E-state index contributed by atoms with van der Waals surface area (Å²) in [4.78, 5) is 24.1. The molecule has 2 aliphatic carbocycles. The molecule has 6 atom stereocenters. The number of Topliss-reactive ketones (excluding diaryl/α,β-unsaturated/α-hetero) is 1. The fourth-order valence-corrected chi connectivity index (χ4v) is 4.35. The van der Waals surface area contributed by atoms with Gasteiger partial charge in [0, 0.05) is 29.2 Å². The maximum Gasteiger partial charge on any atom is 0.333 e. The summed E-state index contributed by atoms with van der Waals surface area (Å²) in [6.07, 6.45) is -2.53. The van der Waals surface area contributed by atoms with Gasteiger partial charge in [0.1, 0.15) is 5.78 Å². The average Bonchev–Trinajstić information content (AvgIpc) is 2.49. The van der Waals surface area contributed by atoms with Gasteiger partial charge < -0.3 is 25.2 Å². The number of ether oxygens (including phenoxy) is 1. The van der Waals surface area contributed by atoms with Crippen LogP contribution in [0.25, 0.3) is 0 Å². The molecule has 0 aromatic carbocycles. The van der Waals surface area contributed by atoms with Crippen molar-refractivity contribution in [1.82, 2.24) is 0 Å². The van der Waals surface area contributed by atoms with Crippen LogP contribution in [0, 0.1) is 17.3 Å². The number of fused-ring (bicyclic) bond motifs is 1. The molecule has 23 heavy (non-hydrogen) atoms. The van der Waals surface area contributed by atoms with Gasteiger partial charge in [-0.3, -0.25) is 4.79 Å². The zero-order valence-corrected chi connectivity index (χ0v) is 13.4. The van der Waals surface area contributed by atoms with Crippen molar-refractivity contribution in [3.8, 4) is 0 Å². The number of carbonyl (C=O) groups excluding carboxylic acids is 2. The van der Waals surface area contributed by atoms with E-state index in [4.69, 9.17) is 0 Å². The lowest BCUT2D eigenvalue weighted by Gasteiger charge is -2.56. The number of esters is 1. The van der Waals surface area contributed by atoms with Crippen LogP contribution in [0.15, 0.2) is 12.2 Å². The summed E-state index contributed by atoms with van der Waals surface area (Å²) in [7, 11) is 1.16. The predicted octanol–water partition coefficient (Wildman–Crippen LogP) is -0.834. The minimum atomic E-state index is -1.66. The van der Waals surface area contributed by atoms with E-state index in [1.165, 1.54) is 0 Å².